The van der Waals surface area contributed by atoms with Gasteiger partial charge >= 0.3 is 0 Å². The minimum atomic E-state index is 0.467. The minimum absolute atomic E-state index is 0.467. The first-order chi connectivity index (χ1) is 7.99. The number of hydrazine groups is 2. The Morgan fingerprint density at radius 2 is 1.59 bits per heavy atom. The van der Waals surface area contributed by atoms with E-state index in [-0.39, 0.29) is 0 Å². The molecule has 0 aromatic carbocycles. The molecule has 104 valence electrons. The SMILES string of the molecule is CCCNN(NCCSN(C)C(C)C)C(C)C. The fourth-order valence-corrected chi connectivity index (χ4v) is 1.93. The molecule has 5 heteroatoms. The molecule has 0 bridgehead atoms. The van der Waals surface area contributed by atoms with E-state index < -0.39 is 0 Å². The Labute approximate surface area is 112 Å². The highest BCUT2D eigenvalue weighted by atomic mass is 32.2. The second-order valence-corrected chi connectivity index (χ2v) is 6.00. The lowest BCUT2D eigenvalue weighted by molar-refractivity contribution is 0.0786. The van der Waals surface area contributed by atoms with E-state index in [4.69, 9.17) is 0 Å². The maximum absolute atomic E-state index is 3.42. The molecule has 0 unspecified atom stereocenters. The first-order valence-corrected chi connectivity index (χ1v) is 7.55. The van der Waals surface area contributed by atoms with Gasteiger partial charge in [0.15, 0.2) is 0 Å². The smallest absolute Gasteiger partial charge is 0.0343 e. The van der Waals surface area contributed by atoms with Crippen molar-refractivity contribution in [2.24, 2.45) is 0 Å². The Kier molecular flexibility index (Phi) is 10.3. The number of hydrogen-bond acceptors (Lipinski definition) is 5. The van der Waals surface area contributed by atoms with E-state index in [0.717, 1.165) is 25.3 Å². The first-order valence-electron chi connectivity index (χ1n) is 6.61. The molecule has 0 fully saturated rings. The van der Waals surface area contributed by atoms with E-state index in [1.807, 2.05) is 11.9 Å². The molecule has 0 aliphatic heterocycles. The van der Waals surface area contributed by atoms with E-state index in [2.05, 4.69) is 61.9 Å². The van der Waals surface area contributed by atoms with Crippen LogP contribution in [0.25, 0.3) is 0 Å². The highest BCUT2D eigenvalue weighted by molar-refractivity contribution is 7.97. The lowest BCUT2D eigenvalue weighted by Gasteiger charge is -2.28. The molecule has 0 aromatic heterocycles. The molecule has 0 aliphatic carbocycles. The summed E-state index contributed by atoms with van der Waals surface area (Å²) >= 11 is 1.88. The number of nitrogens with zero attached hydrogens (tertiary/aromatic N) is 2. The van der Waals surface area contributed by atoms with Gasteiger partial charge in [0.2, 0.25) is 0 Å². The van der Waals surface area contributed by atoms with E-state index >= 15 is 0 Å². The average molecular weight is 262 g/mol. The third-order valence-corrected chi connectivity index (χ3v) is 3.67. The van der Waals surface area contributed by atoms with Crippen LogP contribution in [-0.2, 0) is 0 Å². The molecule has 0 atom stereocenters. The van der Waals surface area contributed by atoms with E-state index in [1.165, 1.54) is 0 Å². The lowest BCUT2D eigenvalue weighted by atomic mass is 10.4. The zero-order valence-electron chi connectivity index (χ0n) is 12.3. The molecule has 0 spiro atoms. The van der Waals surface area contributed by atoms with Crippen molar-refractivity contribution >= 4 is 11.9 Å². The quantitative estimate of drug-likeness (QED) is 0.358. The molecular weight excluding hydrogens is 232 g/mol. The van der Waals surface area contributed by atoms with Crippen molar-refractivity contribution in [3.8, 4) is 0 Å². The first kappa shape index (κ1) is 17.2. The van der Waals surface area contributed by atoms with Crippen LogP contribution in [0.2, 0.25) is 0 Å². The summed E-state index contributed by atoms with van der Waals surface area (Å²) in [7, 11) is 2.14. The second-order valence-electron chi connectivity index (χ2n) is 4.75. The van der Waals surface area contributed by atoms with Gasteiger partial charge in [-0.1, -0.05) is 18.9 Å². The number of nitrogens with one attached hydrogen (secondary N) is 2. The maximum atomic E-state index is 3.42. The van der Waals surface area contributed by atoms with Gasteiger partial charge in [-0.2, -0.15) is 5.12 Å². The third-order valence-electron chi connectivity index (χ3n) is 2.45. The van der Waals surface area contributed by atoms with Crippen molar-refractivity contribution in [3.05, 3.63) is 0 Å². The van der Waals surface area contributed by atoms with Gasteiger partial charge in [0.25, 0.3) is 0 Å². The zero-order valence-corrected chi connectivity index (χ0v) is 13.1. The molecule has 0 radical (unpaired) electrons. The van der Waals surface area contributed by atoms with Crippen LogP contribution in [0.1, 0.15) is 41.0 Å². The number of hydrogen-bond donors (Lipinski definition) is 2. The normalized spacial score (nSPS) is 12.4. The van der Waals surface area contributed by atoms with Gasteiger partial charge in [-0.3, -0.25) is 4.31 Å². The Bertz CT molecular complexity index is 176. The summed E-state index contributed by atoms with van der Waals surface area (Å²) in [6.45, 7) is 13.0. The van der Waals surface area contributed by atoms with Gasteiger partial charge in [-0.25, -0.2) is 10.9 Å². The number of rotatable bonds is 10. The predicted octanol–water partition coefficient (Wildman–Crippen LogP) is 2.10. The van der Waals surface area contributed by atoms with Crippen molar-refractivity contribution in [3.63, 3.8) is 0 Å². The summed E-state index contributed by atoms with van der Waals surface area (Å²) in [5.74, 6) is 1.09. The van der Waals surface area contributed by atoms with E-state index in [9.17, 15) is 0 Å². The van der Waals surface area contributed by atoms with Gasteiger partial charge in [0.1, 0.15) is 0 Å². The highest BCUT2D eigenvalue weighted by Crippen LogP contribution is 2.09. The van der Waals surface area contributed by atoms with Gasteiger partial charge in [-0.15, -0.1) is 0 Å². The highest BCUT2D eigenvalue weighted by Gasteiger charge is 2.08. The largest absolute Gasteiger partial charge is 0.251 e. The van der Waals surface area contributed by atoms with Crippen molar-refractivity contribution in [1.29, 1.82) is 0 Å². The summed E-state index contributed by atoms with van der Waals surface area (Å²) < 4.78 is 2.29. The van der Waals surface area contributed by atoms with Gasteiger partial charge < -0.3 is 0 Å². The summed E-state index contributed by atoms with van der Waals surface area (Å²) in [4.78, 5) is 0. The molecule has 2 N–H and O–H groups in total. The molecule has 4 nitrogen and oxygen atoms in total. The van der Waals surface area contributed by atoms with Crippen LogP contribution in [0.5, 0.6) is 0 Å². The molecule has 0 amide bonds. The average Bonchev–Trinajstić information content (AvgIpc) is 2.27. The van der Waals surface area contributed by atoms with Crippen LogP contribution in [0.15, 0.2) is 0 Å². The molecule has 17 heavy (non-hydrogen) atoms. The summed E-state index contributed by atoms with van der Waals surface area (Å²) in [5, 5.41) is 2.11. The Hall–Kier alpha value is 0.190. The molecular formula is C12H30N4S. The van der Waals surface area contributed by atoms with Crippen molar-refractivity contribution in [2.75, 3.05) is 25.9 Å². The van der Waals surface area contributed by atoms with Gasteiger partial charge in [0, 0.05) is 30.9 Å². The Morgan fingerprint density at radius 3 is 2.06 bits per heavy atom. The molecule has 0 heterocycles. The standard InChI is InChI=1S/C12H30N4S/c1-7-8-13-16(12(4)5)14-9-10-17-15(6)11(2)3/h11-14H,7-10H2,1-6H3. The van der Waals surface area contributed by atoms with Crippen LogP contribution in [0.4, 0.5) is 0 Å². The minimum Gasteiger partial charge on any atom is -0.251 e. The molecule has 0 saturated heterocycles. The van der Waals surface area contributed by atoms with Crippen molar-refractivity contribution < 1.29 is 0 Å². The van der Waals surface area contributed by atoms with E-state index in [1.54, 1.807) is 0 Å². The summed E-state index contributed by atoms with van der Waals surface area (Å²) in [5.41, 5.74) is 6.80. The molecule has 0 aromatic rings. The Morgan fingerprint density at radius 1 is 1.00 bits per heavy atom. The summed E-state index contributed by atoms with van der Waals surface area (Å²) in [6, 6.07) is 1.06. The van der Waals surface area contributed by atoms with Crippen LogP contribution < -0.4 is 10.9 Å². The van der Waals surface area contributed by atoms with Gasteiger partial charge in [0.05, 0.1) is 0 Å². The Balaban J connectivity index is 3.67. The monoisotopic (exact) mass is 262 g/mol. The van der Waals surface area contributed by atoms with Crippen LogP contribution >= 0.6 is 11.9 Å². The van der Waals surface area contributed by atoms with Crippen LogP contribution in [-0.4, -0.2) is 47.4 Å². The van der Waals surface area contributed by atoms with Crippen molar-refractivity contribution in [1.82, 2.24) is 20.3 Å². The zero-order chi connectivity index (χ0) is 13.3. The topological polar surface area (TPSA) is 30.5 Å². The fourth-order valence-electron chi connectivity index (χ4n) is 1.16. The molecule has 0 rings (SSSR count). The molecule has 0 saturated carbocycles. The second kappa shape index (κ2) is 10.1. The predicted molar refractivity (Wildman–Crippen MR) is 78.6 cm³/mol. The van der Waals surface area contributed by atoms with Gasteiger partial charge in [-0.05, 0) is 41.2 Å². The fraction of sp³-hybridized carbons (Fsp3) is 1.00. The maximum Gasteiger partial charge on any atom is 0.0343 e. The third kappa shape index (κ3) is 8.85. The molecule has 0 aliphatic rings. The van der Waals surface area contributed by atoms with E-state index in [0.29, 0.717) is 12.1 Å². The lowest BCUT2D eigenvalue weighted by Crippen LogP contribution is -2.53. The van der Waals surface area contributed by atoms with Crippen molar-refractivity contribution in [2.45, 2.75) is 53.1 Å². The summed E-state index contributed by atoms with van der Waals surface area (Å²) in [6.07, 6.45) is 1.15. The van der Waals surface area contributed by atoms with Crippen LogP contribution in [0.3, 0.4) is 0 Å². The van der Waals surface area contributed by atoms with Crippen LogP contribution in [0, 0.1) is 0 Å².